The second kappa shape index (κ2) is 5.93. The molecule has 0 saturated heterocycles. The van der Waals surface area contributed by atoms with Gasteiger partial charge >= 0.3 is 0 Å². The molecule has 3 N–H and O–H groups in total. The lowest BCUT2D eigenvalue weighted by Gasteiger charge is -2.37. The Bertz CT molecular complexity index is 1030. The Balaban J connectivity index is 1.78. The third-order valence-corrected chi connectivity index (χ3v) is 6.01. The van der Waals surface area contributed by atoms with E-state index < -0.39 is 14.9 Å². The van der Waals surface area contributed by atoms with Gasteiger partial charge in [-0.15, -0.1) is 0 Å². The van der Waals surface area contributed by atoms with Crippen LogP contribution in [-0.2, 0) is 10.0 Å². The van der Waals surface area contributed by atoms with Gasteiger partial charge in [-0.3, -0.25) is 10.1 Å². The number of hydrogen-bond donors (Lipinski definition) is 2. The molecule has 1 aliphatic carbocycles. The number of primary sulfonamides is 1. The number of nitro groups is 1. The van der Waals surface area contributed by atoms with Gasteiger partial charge in [0.2, 0.25) is 10.0 Å². The van der Waals surface area contributed by atoms with Crippen LogP contribution in [0.15, 0.2) is 59.5 Å². The maximum absolute atomic E-state index is 11.7. The molecular weight excluding hydrogens is 354 g/mol. The molecule has 8 heteroatoms. The first-order chi connectivity index (χ1) is 12.3. The smallest absolute Gasteiger partial charge is 0.269 e. The molecule has 7 nitrogen and oxygen atoms in total. The summed E-state index contributed by atoms with van der Waals surface area (Å²) in [5, 5.41) is 19.8. The van der Waals surface area contributed by atoms with Crippen LogP contribution in [0.4, 0.5) is 11.4 Å². The van der Waals surface area contributed by atoms with Crippen molar-refractivity contribution in [1.29, 1.82) is 0 Å². The van der Waals surface area contributed by atoms with E-state index in [4.69, 9.17) is 5.14 Å². The highest BCUT2D eigenvalue weighted by atomic mass is 32.2. The number of anilines is 1. The maximum Gasteiger partial charge on any atom is 0.269 e. The Labute approximate surface area is 150 Å². The molecule has 0 aromatic heterocycles. The lowest BCUT2D eigenvalue weighted by atomic mass is 9.77. The van der Waals surface area contributed by atoms with Gasteiger partial charge in [0.1, 0.15) is 0 Å². The van der Waals surface area contributed by atoms with Crippen molar-refractivity contribution < 1.29 is 13.3 Å². The first-order valence-electron chi connectivity index (χ1n) is 8.19. The average Bonchev–Trinajstić information content (AvgIpc) is 3.10. The number of benzene rings is 2. The molecule has 4 rings (SSSR count). The second-order valence-electron chi connectivity index (χ2n) is 6.62. The topological polar surface area (TPSA) is 115 Å². The Kier molecular flexibility index (Phi) is 3.82. The van der Waals surface area contributed by atoms with Crippen LogP contribution in [0.5, 0.6) is 0 Å². The summed E-state index contributed by atoms with van der Waals surface area (Å²) in [5.41, 5.74) is 2.61. The van der Waals surface area contributed by atoms with Gasteiger partial charge in [0.25, 0.3) is 5.69 Å². The third-order valence-electron chi connectivity index (χ3n) is 5.10. The highest BCUT2D eigenvalue weighted by Crippen LogP contribution is 2.50. The van der Waals surface area contributed by atoms with Gasteiger partial charge in [-0.1, -0.05) is 24.3 Å². The summed E-state index contributed by atoms with van der Waals surface area (Å²) in [6, 6.07) is 11.3. The third kappa shape index (κ3) is 2.77. The van der Waals surface area contributed by atoms with Crippen LogP contribution in [0.1, 0.15) is 29.5 Å². The van der Waals surface area contributed by atoms with Crippen molar-refractivity contribution in [1.82, 2.24) is 0 Å². The Hall–Kier alpha value is -2.71. The molecule has 2 aromatic carbocycles. The van der Waals surface area contributed by atoms with Crippen LogP contribution in [0, 0.1) is 16.0 Å². The van der Waals surface area contributed by atoms with Crippen LogP contribution >= 0.6 is 0 Å². The van der Waals surface area contributed by atoms with Gasteiger partial charge in [-0.25, -0.2) is 13.6 Å². The highest BCUT2D eigenvalue weighted by Gasteiger charge is 2.38. The number of non-ortho nitro benzene ring substituents is 1. The molecule has 2 aliphatic rings. The van der Waals surface area contributed by atoms with Crippen molar-refractivity contribution in [2.45, 2.75) is 23.3 Å². The van der Waals surface area contributed by atoms with Gasteiger partial charge in [-0.2, -0.15) is 0 Å². The summed E-state index contributed by atoms with van der Waals surface area (Å²) in [6.45, 7) is 0. The van der Waals surface area contributed by atoms with E-state index in [-0.39, 0.29) is 28.5 Å². The molecular formula is C18H17N3O4S. The minimum Gasteiger partial charge on any atom is -0.378 e. The van der Waals surface area contributed by atoms with E-state index in [1.807, 2.05) is 6.07 Å². The van der Waals surface area contributed by atoms with Gasteiger partial charge in [0.15, 0.2) is 0 Å². The molecule has 0 saturated carbocycles. The zero-order valence-electron chi connectivity index (χ0n) is 13.7. The quantitative estimate of drug-likeness (QED) is 0.489. The van der Waals surface area contributed by atoms with E-state index in [0.717, 1.165) is 23.2 Å². The summed E-state index contributed by atoms with van der Waals surface area (Å²) >= 11 is 0. The average molecular weight is 371 g/mol. The zero-order valence-corrected chi connectivity index (χ0v) is 14.5. The van der Waals surface area contributed by atoms with Crippen LogP contribution in [0.3, 0.4) is 0 Å². The normalized spacial score (nSPS) is 23.8. The number of allylic oxidation sites excluding steroid dienone is 2. The SMILES string of the molecule is NS(=O)(=O)c1ccc2c(c1)[C@@H]1C=CC[C@H]1[C@H](c1cccc([N+](=O)[O-])c1)N2. The number of nitrogens with zero attached hydrogens (tertiary/aromatic N) is 1. The Morgan fingerprint density at radius 3 is 2.73 bits per heavy atom. The Morgan fingerprint density at radius 1 is 1.19 bits per heavy atom. The number of nitrogens with two attached hydrogens (primary N) is 1. The summed E-state index contributed by atoms with van der Waals surface area (Å²) in [4.78, 5) is 10.8. The van der Waals surface area contributed by atoms with Gasteiger partial charge in [0, 0.05) is 23.7 Å². The molecule has 1 heterocycles. The first kappa shape index (κ1) is 16.7. The molecule has 0 unspecified atom stereocenters. The van der Waals surface area contributed by atoms with Crippen LogP contribution in [0.2, 0.25) is 0 Å². The fourth-order valence-electron chi connectivity index (χ4n) is 3.91. The number of nitrogens with one attached hydrogen (secondary N) is 1. The monoisotopic (exact) mass is 371 g/mol. The van der Waals surface area contributed by atoms with Crippen LogP contribution in [-0.4, -0.2) is 13.3 Å². The van der Waals surface area contributed by atoms with Crippen molar-refractivity contribution in [3.63, 3.8) is 0 Å². The molecule has 1 aliphatic heterocycles. The minimum absolute atomic E-state index is 0.0391. The summed E-state index contributed by atoms with van der Waals surface area (Å²) in [6.07, 6.45) is 4.95. The fourth-order valence-corrected chi connectivity index (χ4v) is 4.46. The molecule has 0 bridgehead atoms. The van der Waals surface area contributed by atoms with Crippen molar-refractivity contribution in [3.8, 4) is 0 Å². The van der Waals surface area contributed by atoms with Gasteiger partial charge < -0.3 is 5.32 Å². The molecule has 0 fully saturated rings. The van der Waals surface area contributed by atoms with E-state index in [9.17, 15) is 18.5 Å². The maximum atomic E-state index is 11.7. The van der Waals surface area contributed by atoms with Crippen LogP contribution < -0.4 is 10.5 Å². The van der Waals surface area contributed by atoms with E-state index in [0.29, 0.717) is 0 Å². The highest BCUT2D eigenvalue weighted by molar-refractivity contribution is 7.89. The van der Waals surface area contributed by atoms with E-state index in [1.54, 1.807) is 24.3 Å². The van der Waals surface area contributed by atoms with Gasteiger partial charge in [-0.05, 0) is 41.7 Å². The molecule has 134 valence electrons. The predicted octanol–water partition coefficient (Wildman–Crippen LogP) is 3.07. The van der Waals surface area contributed by atoms with E-state index in [1.165, 1.54) is 12.1 Å². The number of hydrogen-bond acceptors (Lipinski definition) is 5. The van der Waals surface area contributed by atoms with E-state index >= 15 is 0 Å². The first-order valence-corrected chi connectivity index (χ1v) is 9.73. The molecule has 3 atom stereocenters. The standard InChI is InChI=1S/C18H17N3O4S/c19-26(24,25)13-7-8-17-16(10-13)14-5-2-6-15(14)18(20-17)11-3-1-4-12(9-11)21(22)23/h1-5,7-10,14-15,18,20H,6H2,(H2,19,24,25)/t14-,15-,18+/m1/s1. The molecule has 0 amide bonds. The number of nitro benzene ring substituents is 1. The molecule has 2 aromatic rings. The number of rotatable bonds is 3. The largest absolute Gasteiger partial charge is 0.378 e. The molecule has 0 spiro atoms. The van der Waals surface area contributed by atoms with Crippen molar-refractivity contribution in [3.05, 3.63) is 75.9 Å². The molecule has 0 radical (unpaired) electrons. The number of fused-ring (bicyclic) bond motifs is 3. The second-order valence-corrected chi connectivity index (χ2v) is 8.18. The summed E-state index contributed by atoms with van der Waals surface area (Å²) in [7, 11) is -3.77. The van der Waals surface area contributed by atoms with Crippen molar-refractivity contribution in [2.24, 2.45) is 11.1 Å². The fraction of sp³-hybridized carbons (Fsp3) is 0.222. The van der Waals surface area contributed by atoms with Crippen LogP contribution in [0.25, 0.3) is 0 Å². The summed E-state index contributed by atoms with van der Waals surface area (Å²) < 4.78 is 23.3. The lowest BCUT2D eigenvalue weighted by Crippen LogP contribution is -2.29. The van der Waals surface area contributed by atoms with E-state index in [2.05, 4.69) is 17.5 Å². The number of sulfonamides is 1. The zero-order chi connectivity index (χ0) is 18.5. The summed E-state index contributed by atoms with van der Waals surface area (Å²) in [5.74, 6) is 0.192. The lowest BCUT2D eigenvalue weighted by molar-refractivity contribution is -0.384. The van der Waals surface area contributed by atoms with Gasteiger partial charge in [0.05, 0.1) is 15.9 Å². The minimum atomic E-state index is -3.77. The van der Waals surface area contributed by atoms with Crippen molar-refractivity contribution >= 4 is 21.4 Å². The molecule has 26 heavy (non-hydrogen) atoms. The predicted molar refractivity (Wildman–Crippen MR) is 97.3 cm³/mol. The Morgan fingerprint density at radius 2 is 2.00 bits per heavy atom. The van der Waals surface area contributed by atoms with Crippen molar-refractivity contribution in [2.75, 3.05) is 5.32 Å².